The standard InChI is InChI=1S/C13H15F3N4/c14-13(15,16)10-1-2-11-18-19-12(20(11)8-10)7-9-3-5-17-6-4-9/h1-2,8-9,17H,3-7H2. The van der Waals surface area contributed by atoms with Crippen LogP contribution in [0.1, 0.15) is 24.2 Å². The van der Waals surface area contributed by atoms with Gasteiger partial charge in [-0.1, -0.05) is 0 Å². The maximum atomic E-state index is 12.7. The summed E-state index contributed by atoms with van der Waals surface area (Å²) in [5.41, 5.74) is -0.210. The van der Waals surface area contributed by atoms with Crippen LogP contribution in [0, 0.1) is 5.92 Å². The highest BCUT2D eigenvalue weighted by Crippen LogP contribution is 2.29. The fourth-order valence-corrected chi connectivity index (χ4v) is 2.59. The SMILES string of the molecule is FC(F)(F)c1ccc2nnc(CC3CCNCC3)n2c1. The summed E-state index contributed by atoms with van der Waals surface area (Å²) >= 11 is 0. The van der Waals surface area contributed by atoms with Crippen LogP contribution in [0.25, 0.3) is 5.65 Å². The van der Waals surface area contributed by atoms with Gasteiger partial charge in [-0.3, -0.25) is 4.40 Å². The molecular weight excluding hydrogens is 269 g/mol. The van der Waals surface area contributed by atoms with E-state index in [0.717, 1.165) is 38.2 Å². The Labute approximate surface area is 114 Å². The smallest absolute Gasteiger partial charge is 0.317 e. The van der Waals surface area contributed by atoms with Gasteiger partial charge in [0.15, 0.2) is 5.65 Å². The second-order valence-corrected chi connectivity index (χ2v) is 5.16. The summed E-state index contributed by atoms with van der Waals surface area (Å²) in [6, 6.07) is 2.40. The summed E-state index contributed by atoms with van der Waals surface area (Å²) in [6.07, 6.45) is -0.540. The third kappa shape index (κ3) is 2.63. The number of nitrogens with zero attached hydrogens (tertiary/aromatic N) is 3. The van der Waals surface area contributed by atoms with Gasteiger partial charge in [0, 0.05) is 12.6 Å². The van der Waals surface area contributed by atoms with E-state index in [2.05, 4.69) is 15.5 Å². The number of rotatable bonds is 2. The normalized spacial score (nSPS) is 17.8. The van der Waals surface area contributed by atoms with Gasteiger partial charge in [-0.2, -0.15) is 13.2 Å². The van der Waals surface area contributed by atoms with E-state index >= 15 is 0 Å². The van der Waals surface area contributed by atoms with E-state index in [1.54, 1.807) is 0 Å². The molecule has 0 radical (unpaired) electrons. The monoisotopic (exact) mass is 284 g/mol. The summed E-state index contributed by atoms with van der Waals surface area (Å²) in [7, 11) is 0. The zero-order valence-electron chi connectivity index (χ0n) is 10.8. The van der Waals surface area contributed by atoms with Gasteiger partial charge < -0.3 is 5.32 Å². The van der Waals surface area contributed by atoms with E-state index in [1.807, 2.05) is 0 Å². The van der Waals surface area contributed by atoms with Crippen molar-refractivity contribution in [2.24, 2.45) is 5.92 Å². The van der Waals surface area contributed by atoms with Crippen molar-refractivity contribution in [1.82, 2.24) is 19.9 Å². The van der Waals surface area contributed by atoms with Crippen molar-refractivity contribution in [3.05, 3.63) is 29.7 Å². The minimum atomic E-state index is -4.34. The van der Waals surface area contributed by atoms with E-state index in [-0.39, 0.29) is 0 Å². The molecule has 3 heterocycles. The van der Waals surface area contributed by atoms with Gasteiger partial charge in [-0.25, -0.2) is 0 Å². The Bertz CT molecular complexity index is 599. The summed E-state index contributed by atoms with van der Waals surface area (Å²) in [6.45, 7) is 1.91. The van der Waals surface area contributed by atoms with Crippen molar-refractivity contribution in [1.29, 1.82) is 0 Å². The van der Waals surface area contributed by atoms with Gasteiger partial charge in [-0.15, -0.1) is 10.2 Å². The molecule has 0 bridgehead atoms. The lowest BCUT2D eigenvalue weighted by Gasteiger charge is -2.21. The Hall–Kier alpha value is -1.63. The molecule has 0 amide bonds. The molecule has 0 aliphatic carbocycles. The Morgan fingerprint density at radius 3 is 2.65 bits per heavy atom. The number of halogens is 3. The maximum absolute atomic E-state index is 12.7. The minimum absolute atomic E-state index is 0.457. The van der Waals surface area contributed by atoms with Crippen molar-refractivity contribution >= 4 is 5.65 Å². The Morgan fingerprint density at radius 1 is 1.20 bits per heavy atom. The number of pyridine rings is 1. The molecule has 20 heavy (non-hydrogen) atoms. The fourth-order valence-electron chi connectivity index (χ4n) is 2.59. The third-order valence-electron chi connectivity index (χ3n) is 3.73. The molecule has 108 valence electrons. The number of hydrogen-bond donors (Lipinski definition) is 1. The average molecular weight is 284 g/mol. The van der Waals surface area contributed by atoms with Crippen molar-refractivity contribution in [3.63, 3.8) is 0 Å². The maximum Gasteiger partial charge on any atom is 0.417 e. The molecule has 3 rings (SSSR count). The second kappa shape index (κ2) is 5.05. The molecule has 2 aromatic rings. The summed E-state index contributed by atoms with van der Waals surface area (Å²) in [5.74, 6) is 1.07. The average Bonchev–Trinajstić information content (AvgIpc) is 2.82. The van der Waals surface area contributed by atoms with Crippen molar-refractivity contribution in [2.75, 3.05) is 13.1 Å². The lowest BCUT2D eigenvalue weighted by molar-refractivity contribution is -0.137. The lowest BCUT2D eigenvalue weighted by Crippen LogP contribution is -2.29. The molecule has 2 aromatic heterocycles. The fraction of sp³-hybridized carbons (Fsp3) is 0.538. The van der Waals surface area contributed by atoms with E-state index < -0.39 is 11.7 Å². The van der Waals surface area contributed by atoms with Gasteiger partial charge in [0.1, 0.15) is 5.82 Å². The molecule has 0 unspecified atom stereocenters. The van der Waals surface area contributed by atoms with Gasteiger partial charge >= 0.3 is 6.18 Å². The second-order valence-electron chi connectivity index (χ2n) is 5.16. The highest BCUT2D eigenvalue weighted by Gasteiger charge is 2.31. The Kier molecular flexibility index (Phi) is 3.37. The minimum Gasteiger partial charge on any atom is -0.317 e. The van der Waals surface area contributed by atoms with Gasteiger partial charge in [0.25, 0.3) is 0 Å². The number of alkyl halides is 3. The molecule has 0 atom stereocenters. The molecule has 4 nitrogen and oxygen atoms in total. The largest absolute Gasteiger partial charge is 0.417 e. The van der Waals surface area contributed by atoms with Crippen LogP contribution in [0.5, 0.6) is 0 Å². The van der Waals surface area contributed by atoms with Crippen LogP contribution in [-0.4, -0.2) is 27.7 Å². The molecule has 7 heteroatoms. The first-order valence-electron chi connectivity index (χ1n) is 6.65. The zero-order chi connectivity index (χ0) is 14.2. The van der Waals surface area contributed by atoms with Crippen LogP contribution in [0.3, 0.4) is 0 Å². The molecular formula is C13H15F3N4. The topological polar surface area (TPSA) is 42.2 Å². The first-order chi connectivity index (χ1) is 9.54. The number of hydrogen-bond acceptors (Lipinski definition) is 3. The Morgan fingerprint density at radius 2 is 1.95 bits per heavy atom. The number of piperidine rings is 1. The number of aromatic nitrogens is 3. The predicted molar refractivity (Wildman–Crippen MR) is 67.3 cm³/mol. The third-order valence-corrected chi connectivity index (χ3v) is 3.73. The lowest BCUT2D eigenvalue weighted by atomic mass is 9.94. The van der Waals surface area contributed by atoms with E-state index in [0.29, 0.717) is 23.8 Å². The zero-order valence-corrected chi connectivity index (χ0v) is 10.8. The van der Waals surface area contributed by atoms with Crippen LogP contribution in [0.4, 0.5) is 13.2 Å². The summed E-state index contributed by atoms with van der Waals surface area (Å²) < 4.78 is 39.7. The van der Waals surface area contributed by atoms with Crippen LogP contribution in [-0.2, 0) is 12.6 Å². The quantitative estimate of drug-likeness (QED) is 0.920. The van der Waals surface area contributed by atoms with Gasteiger partial charge in [0.2, 0.25) is 0 Å². The van der Waals surface area contributed by atoms with E-state index in [9.17, 15) is 13.2 Å². The Balaban J connectivity index is 1.90. The van der Waals surface area contributed by atoms with Crippen LogP contribution in [0.15, 0.2) is 18.3 Å². The first kappa shape index (κ1) is 13.4. The van der Waals surface area contributed by atoms with Crippen molar-refractivity contribution in [2.45, 2.75) is 25.4 Å². The van der Waals surface area contributed by atoms with E-state index in [1.165, 1.54) is 10.5 Å². The predicted octanol–water partition coefficient (Wildman–Crippen LogP) is 2.29. The highest BCUT2D eigenvalue weighted by atomic mass is 19.4. The van der Waals surface area contributed by atoms with Crippen LogP contribution in [0.2, 0.25) is 0 Å². The van der Waals surface area contributed by atoms with Crippen LogP contribution < -0.4 is 5.32 Å². The number of fused-ring (bicyclic) bond motifs is 1. The van der Waals surface area contributed by atoms with Gasteiger partial charge in [0.05, 0.1) is 5.56 Å². The molecule has 0 spiro atoms. The first-order valence-corrected chi connectivity index (χ1v) is 6.65. The summed E-state index contributed by atoms with van der Waals surface area (Å²) in [5, 5.41) is 11.2. The number of nitrogens with one attached hydrogen (secondary N) is 1. The molecule has 0 aromatic carbocycles. The van der Waals surface area contributed by atoms with E-state index in [4.69, 9.17) is 0 Å². The van der Waals surface area contributed by atoms with Crippen molar-refractivity contribution in [3.8, 4) is 0 Å². The molecule has 1 N–H and O–H groups in total. The molecule has 1 saturated heterocycles. The van der Waals surface area contributed by atoms with Gasteiger partial charge in [-0.05, 0) is 44.0 Å². The highest BCUT2D eigenvalue weighted by molar-refractivity contribution is 5.40. The molecule has 1 aliphatic heterocycles. The summed E-state index contributed by atoms with van der Waals surface area (Å²) in [4.78, 5) is 0. The van der Waals surface area contributed by atoms with Crippen molar-refractivity contribution < 1.29 is 13.2 Å². The molecule has 0 saturated carbocycles. The molecule has 1 fully saturated rings. The van der Waals surface area contributed by atoms with Crippen LogP contribution >= 0.6 is 0 Å². The molecule has 1 aliphatic rings.